The molecule has 1 aliphatic heterocycles. The zero-order valence-corrected chi connectivity index (χ0v) is 15.7. The molecule has 0 bridgehead atoms. The predicted octanol–water partition coefficient (Wildman–Crippen LogP) is 2.45. The van der Waals surface area contributed by atoms with Gasteiger partial charge in [-0.3, -0.25) is 9.89 Å². The van der Waals surface area contributed by atoms with E-state index in [-0.39, 0.29) is 11.9 Å². The first-order valence-corrected chi connectivity index (χ1v) is 9.00. The Hall–Kier alpha value is -2.03. The minimum atomic E-state index is -4.17. The molecule has 2 N–H and O–H groups in total. The summed E-state index contributed by atoms with van der Waals surface area (Å²) in [6.07, 6.45) is -2.76. The average molecular weight is 389 g/mol. The number of guanidine groups is 1. The molecule has 27 heavy (non-hydrogen) atoms. The Morgan fingerprint density at radius 2 is 2.07 bits per heavy atom. The lowest BCUT2D eigenvalue weighted by atomic mass is 10.2. The van der Waals surface area contributed by atoms with Gasteiger partial charge in [-0.2, -0.15) is 13.2 Å². The summed E-state index contributed by atoms with van der Waals surface area (Å²) in [5.41, 5.74) is 0.552. The Balaban J connectivity index is 1.68. The molecule has 0 aromatic heterocycles. The molecule has 0 spiro atoms. The van der Waals surface area contributed by atoms with Crippen molar-refractivity contribution < 1.29 is 17.6 Å². The Morgan fingerprint density at radius 1 is 1.33 bits per heavy atom. The minimum absolute atomic E-state index is 0.0559. The third-order valence-corrected chi connectivity index (χ3v) is 4.47. The largest absolute Gasteiger partial charge is 0.401 e. The van der Waals surface area contributed by atoms with Crippen LogP contribution in [0.1, 0.15) is 12.8 Å². The van der Waals surface area contributed by atoms with Crippen LogP contribution in [0.25, 0.3) is 0 Å². The molecule has 1 atom stereocenters. The summed E-state index contributed by atoms with van der Waals surface area (Å²) in [5, 5.41) is 6.33. The van der Waals surface area contributed by atoms with E-state index >= 15 is 0 Å². The highest BCUT2D eigenvalue weighted by Gasteiger charge is 2.34. The normalized spacial score (nSPS) is 18.6. The molecule has 0 aliphatic carbocycles. The van der Waals surface area contributed by atoms with Crippen LogP contribution in [-0.4, -0.2) is 69.9 Å². The molecule has 0 saturated carbocycles. The molecule has 9 heteroatoms. The van der Waals surface area contributed by atoms with Gasteiger partial charge in [0.05, 0.1) is 12.2 Å². The molecule has 5 nitrogen and oxygen atoms in total. The third-order valence-electron chi connectivity index (χ3n) is 4.47. The van der Waals surface area contributed by atoms with Crippen LogP contribution < -0.4 is 15.5 Å². The quantitative estimate of drug-likeness (QED) is 0.325. The van der Waals surface area contributed by atoms with Crippen LogP contribution in [0.4, 0.5) is 23.2 Å². The highest BCUT2D eigenvalue weighted by molar-refractivity contribution is 5.80. The topological polar surface area (TPSA) is 42.9 Å². The monoisotopic (exact) mass is 389 g/mol. The third kappa shape index (κ3) is 7.24. The molecule has 1 unspecified atom stereocenters. The Kier molecular flexibility index (Phi) is 7.70. The van der Waals surface area contributed by atoms with Crippen molar-refractivity contribution in [2.75, 3.05) is 51.7 Å². The molecule has 152 valence electrons. The molecular weight excluding hydrogens is 362 g/mol. The van der Waals surface area contributed by atoms with E-state index < -0.39 is 12.7 Å². The molecule has 0 amide bonds. The van der Waals surface area contributed by atoms with Gasteiger partial charge in [-0.05, 0) is 25.0 Å². The van der Waals surface area contributed by atoms with E-state index in [2.05, 4.69) is 15.6 Å². The van der Waals surface area contributed by atoms with Gasteiger partial charge in [-0.25, -0.2) is 4.39 Å². The number of halogens is 4. The van der Waals surface area contributed by atoms with Crippen molar-refractivity contribution in [3.05, 3.63) is 30.1 Å². The van der Waals surface area contributed by atoms with E-state index in [0.29, 0.717) is 44.2 Å². The van der Waals surface area contributed by atoms with Gasteiger partial charge in [0.2, 0.25) is 0 Å². The number of alkyl halides is 3. The number of benzene rings is 1. The lowest BCUT2D eigenvalue weighted by molar-refractivity contribution is -0.143. The van der Waals surface area contributed by atoms with Crippen LogP contribution in [0.15, 0.2) is 29.3 Å². The second-order valence-electron chi connectivity index (χ2n) is 6.71. The predicted molar refractivity (Wildman–Crippen MR) is 99.7 cm³/mol. The number of likely N-dealkylation sites (tertiary alicyclic amines) is 1. The van der Waals surface area contributed by atoms with Crippen LogP contribution in [0.5, 0.6) is 0 Å². The van der Waals surface area contributed by atoms with Crippen molar-refractivity contribution in [1.29, 1.82) is 0 Å². The maximum atomic E-state index is 13.7. The summed E-state index contributed by atoms with van der Waals surface area (Å²) in [7, 11) is 3.46. The van der Waals surface area contributed by atoms with Gasteiger partial charge in [0, 0.05) is 46.3 Å². The summed E-state index contributed by atoms with van der Waals surface area (Å²) >= 11 is 0. The molecule has 0 radical (unpaired) electrons. The second kappa shape index (κ2) is 9.77. The molecule has 1 heterocycles. The zero-order valence-electron chi connectivity index (χ0n) is 15.7. The number of nitrogens with zero attached hydrogens (tertiary/aromatic N) is 3. The number of rotatable bonds is 7. The summed E-state index contributed by atoms with van der Waals surface area (Å²) in [6.45, 7) is 1.17. The smallest absolute Gasteiger partial charge is 0.372 e. The molecule has 1 fully saturated rings. The lowest BCUT2D eigenvalue weighted by Gasteiger charge is -2.21. The van der Waals surface area contributed by atoms with Gasteiger partial charge < -0.3 is 15.5 Å². The minimum Gasteiger partial charge on any atom is -0.372 e. The van der Waals surface area contributed by atoms with E-state index in [0.717, 1.165) is 6.42 Å². The summed E-state index contributed by atoms with van der Waals surface area (Å²) < 4.78 is 51.1. The van der Waals surface area contributed by atoms with Crippen molar-refractivity contribution in [1.82, 2.24) is 15.5 Å². The van der Waals surface area contributed by atoms with Gasteiger partial charge in [0.1, 0.15) is 5.82 Å². The molecule has 1 aromatic rings. The standard InChI is InChI=1S/C18H27F4N5/c1-23-17(25-14-8-11-27(12-14)13-18(20,21)22)24-9-5-10-26(2)16-7-4-3-6-15(16)19/h3-4,6-7,14H,5,8-13H2,1-2H3,(H2,23,24,25). The average Bonchev–Trinajstić information content (AvgIpc) is 3.02. The van der Waals surface area contributed by atoms with Crippen molar-refractivity contribution >= 4 is 11.6 Å². The number of hydrogen-bond acceptors (Lipinski definition) is 3. The molecule has 1 aliphatic rings. The van der Waals surface area contributed by atoms with E-state index in [9.17, 15) is 17.6 Å². The van der Waals surface area contributed by atoms with Gasteiger partial charge in [0.15, 0.2) is 5.96 Å². The maximum absolute atomic E-state index is 13.7. The first-order chi connectivity index (χ1) is 12.8. The molecule has 1 aromatic carbocycles. The Morgan fingerprint density at radius 3 is 2.74 bits per heavy atom. The maximum Gasteiger partial charge on any atom is 0.401 e. The molecule has 1 saturated heterocycles. The Labute approximate surface area is 157 Å². The number of anilines is 1. The SMILES string of the molecule is CN=C(NCCCN(C)c1ccccc1F)NC1CCN(CC(F)(F)F)C1. The Bertz CT molecular complexity index is 620. The van der Waals surface area contributed by atoms with Crippen molar-refractivity contribution in [2.24, 2.45) is 4.99 Å². The number of aliphatic imine (C=N–C) groups is 1. The van der Waals surface area contributed by atoms with Gasteiger partial charge in [0.25, 0.3) is 0 Å². The van der Waals surface area contributed by atoms with E-state index in [1.165, 1.54) is 11.0 Å². The van der Waals surface area contributed by atoms with Crippen molar-refractivity contribution in [3.8, 4) is 0 Å². The number of para-hydroxylation sites is 1. The number of nitrogens with one attached hydrogen (secondary N) is 2. The zero-order chi connectivity index (χ0) is 19.9. The van der Waals surface area contributed by atoms with E-state index in [1.54, 1.807) is 25.2 Å². The van der Waals surface area contributed by atoms with E-state index in [1.807, 2.05) is 11.9 Å². The van der Waals surface area contributed by atoms with Crippen LogP contribution in [0, 0.1) is 5.82 Å². The fourth-order valence-electron chi connectivity index (χ4n) is 3.14. The van der Waals surface area contributed by atoms with Crippen LogP contribution in [0.2, 0.25) is 0 Å². The number of hydrogen-bond donors (Lipinski definition) is 2. The summed E-state index contributed by atoms with van der Waals surface area (Å²) in [5.74, 6) is 0.317. The highest BCUT2D eigenvalue weighted by atomic mass is 19.4. The van der Waals surface area contributed by atoms with Crippen LogP contribution in [-0.2, 0) is 0 Å². The van der Waals surface area contributed by atoms with Crippen LogP contribution in [0.3, 0.4) is 0 Å². The van der Waals surface area contributed by atoms with E-state index in [4.69, 9.17) is 0 Å². The highest BCUT2D eigenvalue weighted by Crippen LogP contribution is 2.20. The lowest BCUT2D eigenvalue weighted by Crippen LogP contribution is -2.45. The second-order valence-corrected chi connectivity index (χ2v) is 6.71. The summed E-state index contributed by atoms with van der Waals surface area (Å²) in [6, 6.07) is 6.56. The molecular formula is C18H27F4N5. The van der Waals surface area contributed by atoms with Gasteiger partial charge in [-0.1, -0.05) is 12.1 Å². The van der Waals surface area contributed by atoms with Gasteiger partial charge in [-0.15, -0.1) is 0 Å². The first-order valence-electron chi connectivity index (χ1n) is 9.00. The van der Waals surface area contributed by atoms with Crippen molar-refractivity contribution in [3.63, 3.8) is 0 Å². The fourth-order valence-corrected chi connectivity index (χ4v) is 3.14. The molecule has 2 rings (SSSR count). The summed E-state index contributed by atoms with van der Waals surface area (Å²) in [4.78, 5) is 7.36. The van der Waals surface area contributed by atoms with Crippen LogP contribution >= 0.6 is 0 Å². The first kappa shape index (κ1) is 21.3. The van der Waals surface area contributed by atoms with Crippen molar-refractivity contribution in [2.45, 2.75) is 25.1 Å². The fraction of sp³-hybridized carbons (Fsp3) is 0.611. The van der Waals surface area contributed by atoms with Gasteiger partial charge >= 0.3 is 6.18 Å².